The number of aliphatic hydroxyl groups is 1. The van der Waals surface area contributed by atoms with Crippen LogP contribution >= 0.6 is 0 Å². The van der Waals surface area contributed by atoms with E-state index in [1.807, 2.05) is 13.8 Å². The molecular weight excluding hydrogens is 214 g/mol. The molecule has 2 rings (SSSR count). The van der Waals surface area contributed by atoms with Crippen molar-refractivity contribution in [2.75, 3.05) is 24.6 Å². The fourth-order valence-corrected chi connectivity index (χ4v) is 4.11. The molecule has 0 saturated carbocycles. The number of likely N-dealkylation sites (tertiary alicyclic amines) is 1. The summed E-state index contributed by atoms with van der Waals surface area (Å²) in [5.74, 6) is 0.835. The zero-order chi connectivity index (χ0) is 11.3. The third kappa shape index (κ3) is 2.05. The van der Waals surface area contributed by atoms with Crippen molar-refractivity contribution in [3.8, 4) is 0 Å². The highest BCUT2D eigenvalue weighted by molar-refractivity contribution is 7.91. The normalized spacial score (nSPS) is 34.3. The van der Waals surface area contributed by atoms with E-state index in [2.05, 4.69) is 4.90 Å². The van der Waals surface area contributed by atoms with Gasteiger partial charge < -0.3 is 5.11 Å². The van der Waals surface area contributed by atoms with E-state index in [1.165, 1.54) is 0 Å². The molecule has 2 fully saturated rings. The maximum Gasteiger partial charge on any atom is 0.151 e. The highest BCUT2D eigenvalue weighted by Crippen LogP contribution is 2.32. The van der Waals surface area contributed by atoms with E-state index in [0.29, 0.717) is 18.8 Å². The molecule has 0 bridgehead atoms. The lowest BCUT2D eigenvalue weighted by molar-refractivity contribution is -0.139. The van der Waals surface area contributed by atoms with Gasteiger partial charge in [-0.05, 0) is 12.3 Å². The summed E-state index contributed by atoms with van der Waals surface area (Å²) in [6, 6.07) is 0.147. The van der Waals surface area contributed by atoms with Gasteiger partial charge in [0.25, 0.3) is 0 Å². The quantitative estimate of drug-likeness (QED) is 0.722. The van der Waals surface area contributed by atoms with Crippen LogP contribution in [0.4, 0.5) is 0 Å². The first-order chi connectivity index (χ1) is 6.82. The van der Waals surface area contributed by atoms with Gasteiger partial charge in [0.05, 0.1) is 17.1 Å². The summed E-state index contributed by atoms with van der Waals surface area (Å²) < 4.78 is 22.6. The summed E-state index contributed by atoms with van der Waals surface area (Å²) in [6.45, 7) is 5.27. The predicted molar refractivity (Wildman–Crippen MR) is 58.4 cm³/mol. The van der Waals surface area contributed by atoms with E-state index in [0.717, 1.165) is 6.42 Å². The zero-order valence-corrected chi connectivity index (χ0v) is 10.1. The Morgan fingerprint density at radius 1 is 1.40 bits per heavy atom. The van der Waals surface area contributed by atoms with Crippen LogP contribution in [0, 0.1) is 5.92 Å². The Labute approximate surface area is 91.2 Å². The minimum absolute atomic E-state index is 0.147. The summed E-state index contributed by atoms with van der Waals surface area (Å²) in [7, 11) is -2.80. The Morgan fingerprint density at radius 2 is 2.00 bits per heavy atom. The fraction of sp³-hybridized carbons (Fsp3) is 1.00. The average Bonchev–Trinajstić information content (AvgIpc) is 2.39. The standard InChI is InChI=1S/C10H19NO3S/c1-8(2)10(12)6-11(7-10)9-3-4-15(13,14)5-9/h8-9,12H,3-7H2,1-2H3. The van der Waals surface area contributed by atoms with Gasteiger partial charge in [0, 0.05) is 19.1 Å². The average molecular weight is 233 g/mol. The second-order valence-electron chi connectivity index (χ2n) is 5.22. The molecule has 2 heterocycles. The highest BCUT2D eigenvalue weighted by atomic mass is 32.2. The molecule has 2 aliphatic rings. The van der Waals surface area contributed by atoms with Crippen molar-refractivity contribution in [1.82, 2.24) is 4.90 Å². The first-order valence-corrected chi connectivity index (χ1v) is 7.31. The number of rotatable bonds is 2. The van der Waals surface area contributed by atoms with Crippen LogP contribution in [0.15, 0.2) is 0 Å². The van der Waals surface area contributed by atoms with E-state index in [4.69, 9.17) is 0 Å². The molecule has 0 aromatic heterocycles. The Bertz CT molecular complexity index is 344. The third-order valence-corrected chi connectivity index (χ3v) is 5.50. The van der Waals surface area contributed by atoms with Crippen molar-refractivity contribution in [3.05, 3.63) is 0 Å². The summed E-state index contributed by atoms with van der Waals surface area (Å²) in [5, 5.41) is 10.1. The van der Waals surface area contributed by atoms with Crippen molar-refractivity contribution in [2.24, 2.45) is 5.92 Å². The summed E-state index contributed by atoms with van der Waals surface area (Å²) in [4.78, 5) is 2.10. The molecule has 5 heteroatoms. The van der Waals surface area contributed by atoms with Crippen LogP contribution in [-0.4, -0.2) is 54.7 Å². The molecule has 88 valence electrons. The molecule has 0 amide bonds. The van der Waals surface area contributed by atoms with E-state index < -0.39 is 15.4 Å². The van der Waals surface area contributed by atoms with Gasteiger partial charge in [-0.3, -0.25) is 4.90 Å². The minimum atomic E-state index is -2.80. The van der Waals surface area contributed by atoms with Crippen molar-refractivity contribution >= 4 is 9.84 Å². The molecule has 4 nitrogen and oxygen atoms in total. The van der Waals surface area contributed by atoms with Crippen molar-refractivity contribution < 1.29 is 13.5 Å². The zero-order valence-electron chi connectivity index (χ0n) is 9.31. The highest BCUT2D eigenvalue weighted by Gasteiger charge is 2.48. The summed E-state index contributed by atoms with van der Waals surface area (Å²) >= 11 is 0. The van der Waals surface area contributed by atoms with E-state index in [1.54, 1.807) is 0 Å². The summed E-state index contributed by atoms with van der Waals surface area (Å²) in [5.41, 5.74) is -0.591. The molecular formula is C10H19NO3S. The first kappa shape index (κ1) is 11.4. The Balaban J connectivity index is 1.91. The van der Waals surface area contributed by atoms with Gasteiger partial charge in [0.2, 0.25) is 0 Å². The van der Waals surface area contributed by atoms with Crippen molar-refractivity contribution in [1.29, 1.82) is 0 Å². The lowest BCUT2D eigenvalue weighted by Gasteiger charge is -2.51. The molecule has 0 aromatic carbocycles. The lowest BCUT2D eigenvalue weighted by Crippen LogP contribution is -2.67. The van der Waals surface area contributed by atoms with Crippen LogP contribution in [-0.2, 0) is 9.84 Å². The molecule has 0 radical (unpaired) electrons. The van der Waals surface area contributed by atoms with Gasteiger partial charge in [-0.2, -0.15) is 0 Å². The molecule has 15 heavy (non-hydrogen) atoms. The van der Waals surface area contributed by atoms with Crippen LogP contribution in [0.2, 0.25) is 0 Å². The molecule has 0 aliphatic carbocycles. The van der Waals surface area contributed by atoms with Crippen molar-refractivity contribution in [2.45, 2.75) is 31.9 Å². The third-order valence-electron chi connectivity index (χ3n) is 3.75. The van der Waals surface area contributed by atoms with Gasteiger partial charge in [-0.15, -0.1) is 0 Å². The molecule has 0 aromatic rings. The predicted octanol–water partition coefficient (Wildman–Crippen LogP) is -0.124. The number of hydrogen-bond donors (Lipinski definition) is 1. The number of sulfone groups is 1. The van der Waals surface area contributed by atoms with Crippen molar-refractivity contribution in [3.63, 3.8) is 0 Å². The Kier molecular flexibility index (Phi) is 2.60. The maximum absolute atomic E-state index is 11.3. The fourth-order valence-electron chi connectivity index (χ4n) is 2.34. The molecule has 1 N–H and O–H groups in total. The van der Waals surface area contributed by atoms with Crippen LogP contribution in [0.25, 0.3) is 0 Å². The second kappa shape index (κ2) is 3.43. The monoisotopic (exact) mass is 233 g/mol. The molecule has 0 spiro atoms. The Morgan fingerprint density at radius 3 is 2.40 bits per heavy atom. The maximum atomic E-state index is 11.3. The topological polar surface area (TPSA) is 57.6 Å². The van der Waals surface area contributed by atoms with Gasteiger partial charge in [0.15, 0.2) is 9.84 Å². The lowest BCUT2D eigenvalue weighted by atomic mass is 9.82. The van der Waals surface area contributed by atoms with E-state index >= 15 is 0 Å². The van der Waals surface area contributed by atoms with Gasteiger partial charge >= 0.3 is 0 Å². The molecule has 2 saturated heterocycles. The number of nitrogens with zero attached hydrogens (tertiary/aromatic N) is 1. The Hall–Kier alpha value is -0.130. The smallest absolute Gasteiger partial charge is 0.151 e. The van der Waals surface area contributed by atoms with Crippen LogP contribution in [0.3, 0.4) is 0 Å². The largest absolute Gasteiger partial charge is 0.387 e. The number of hydrogen-bond acceptors (Lipinski definition) is 4. The van der Waals surface area contributed by atoms with E-state index in [9.17, 15) is 13.5 Å². The van der Waals surface area contributed by atoms with Gasteiger partial charge in [0.1, 0.15) is 0 Å². The molecule has 2 aliphatic heterocycles. The number of β-amino-alcohol motifs (C(OH)–C–C–N with tert-alkyl or cyclic N) is 1. The van der Waals surface area contributed by atoms with E-state index in [-0.39, 0.29) is 17.7 Å². The summed E-state index contributed by atoms with van der Waals surface area (Å²) in [6.07, 6.45) is 0.733. The SMILES string of the molecule is CC(C)C1(O)CN(C2CCS(=O)(=O)C2)C1. The second-order valence-corrected chi connectivity index (χ2v) is 7.45. The minimum Gasteiger partial charge on any atom is -0.387 e. The molecule has 1 unspecified atom stereocenters. The molecule has 1 atom stereocenters. The van der Waals surface area contributed by atoms with Crippen LogP contribution < -0.4 is 0 Å². The van der Waals surface area contributed by atoms with Gasteiger partial charge in [-0.1, -0.05) is 13.8 Å². The van der Waals surface area contributed by atoms with Crippen LogP contribution in [0.1, 0.15) is 20.3 Å². The van der Waals surface area contributed by atoms with Crippen LogP contribution in [0.5, 0.6) is 0 Å². The first-order valence-electron chi connectivity index (χ1n) is 5.49. The van der Waals surface area contributed by atoms with Gasteiger partial charge in [-0.25, -0.2) is 8.42 Å².